The molecule has 0 atom stereocenters. The number of carbonyl (C=O) groups is 1. The molecular formula is C15H18O2. The van der Waals surface area contributed by atoms with Crippen molar-refractivity contribution in [1.29, 1.82) is 0 Å². The van der Waals surface area contributed by atoms with Gasteiger partial charge in [0.25, 0.3) is 0 Å². The average molecular weight is 230 g/mol. The number of carbonyl (C=O) groups excluding carboxylic acids is 1. The van der Waals surface area contributed by atoms with Crippen LogP contribution in [0.1, 0.15) is 29.5 Å². The van der Waals surface area contributed by atoms with Crippen molar-refractivity contribution in [3.63, 3.8) is 0 Å². The molecule has 2 heteroatoms. The Labute approximate surface area is 102 Å². The van der Waals surface area contributed by atoms with Gasteiger partial charge in [0, 0.05) is 0 Å². The molecule has 0 amide bonds. The highest BCUT2D eigenvalue weighted by atomic mass is 16.5. The number of fused-ring (bicyclic) bond motifs is 1. The molecule has 0 saturated heterocycles. The molecule has 0 aromatic heterocycles. The van der Waals surface area contributed by atoms with Gasteiger partial charge in [0.1, 0.15) is 6.61 Å². The van der Waals surface area contributed by atoms with Crippen molar-refractivity contribution in [2.45, 2.75) is 32.1 Å². The van der Waals surface area contributed by atoms with Crippen LogP contribution in [0.2, 0.25) is 0 Å². The molecule has 0 radical (unpaired) electrons. The van der Waals surface area contributed by atoms with Gasteiger partial charge in [-0.25, -0.2) is 0 Å². The largest absolute Gasteiger partial charge is 0.461 e. The van der Waals surface area contributed by atoms with Crippen molar-refractivity contribution in [3.8, 4) is 0 Å². The first kappa shape index (κ1) is 11.9. The van der Waals surface area contributed by atoms with E-state index in [4.69, 9.17) is 4.74 Å². The van der Waals surface area contributed by atoms with Gasteiger partial charge in [0.2, 0.25) is 0 Å². The second kappa shape index (κ2) is 5.67. The van der Waals surface area contributed by atoms with Crippen LogP contribution in [0.5, 0.6) is 0 Å². The van der Waals surface area contributed by atoms with Crippen LogP contribution < -0.4 is 0 Å². The molecule has 90 valence electrons. The van der Waals surface area contributed by atoms with Gasteiger partial charge in [0.05, 0.1) is 6.42 Å². The molecule has 2 nitrogen and oxygen atoms in total. The summed E-state index contributed by atoms with van der Waals surface area (Å²) < 4.78 is 4.98. The molecule has 2 rings (SSSR count). The second-order valence-electron chi connectivity index (χ2n) is 4.46. The molecule has 0 aliphatic heterocycles. The van der Waals surface area contributed by atoms with E-state index in [0.717, 1.165) is 12.0 Å². The highest BCUT2D eigenvalue weighted by Crippen LogP contribution is 2.22. The summed E-state index contributed by atoms with van der Waals surface area (Å²) in [6.45, 7) is 3.82. The lowest BCUT2D eigenvalue weighted by Gasteiger charge is -2.16. The maximum Gasteiger partial charge on any atom is 0.310 e. The summed E-state index contributed by atoms with van der Waals surface area (Å²) in [5.74, 6) is -0.180. The maximum atomic E-state index is 11.5. The molecule has 1 aliphatic rings. The quantitative estimate of drug-likeness (QED) is 0.587. The van der Waals surface area contributed by atoms with E-state index in [9.17, 15) is 4.79 Å². The van der Waals surface area contributed by atoms with Crippen LogP contribution in [-0.2, 0) is 28.8 Å². The molecule has 0 bridgehead atoms. The lowest BCUT2D eigenvalue weighted by Crippen LogP contribution is -2.09. The van der Waals surface area contributed by atoms with E-state index in [0.29, 0.717) is 13.0 Å². The van der Waals surface area contributed by atoms with E-state index in [1.54, 1.807) is 6.08 Å². The summed E-state index contributed by atoms with van der Waals surface area (Å²) >= 11 is 0. The molecule has 0 N–H and O–H groups in total. The molecule has 0 heterocycles. The van der Waals surface area contributed by atoms with Crippen LogP contribution in [0.4, 0.5) is 0 Å². The summed E-state index contributed by atoms with van der Waals surface area (Å²) in [4.78, 5) is 11.5. The Balaban J connectivity index is 2.01. The molecule has 0 saturated carbocycles. The van der Waals surface area contributed by atoms with Gasteiger partial charge in [0.15, 0.2) is 0 Å². The molecule has 0 fully saturated rings. The minimum Gasteiger partial charge on any atom is -0.461 e. The van der Waals surface area contributed by atoms with Crippen LogP contribution >= 0.6 is 0 Å². The Bertz CT molecular complexity index is 421. The van der Waals surface area contributed by atoms with Crippen LogP contribution in [0.15, 0.2) is 30.9 Å². The van der Waals surface area contributed by atoms with Gasteiger partial charge in [-0.2, -0.15) is 0 Å². The van der Waals surface area contributed by atoms with Crippen molar-refractivity contribution >= 4 is 5.97 Å². The fourth-order valence-corrected chi connectivity index (χ4v) is 2.27. The predicted octanol–water partition coefficient (Wildman–Crippen LogP) is 2.84. The van der Waals surface area contributed by atoms with Crippen molar-refractivity contribution in [2.75, 3.05) is 6.61 Å². The number of aryl methyl sites for hydroxylation is 2. The molecular weight excluding hydrogens is 212 g/mol. The standard InChI is InChI=1S/C15H18O2/c1-2-9-17-15(16)11-12-7-8-13-5-3-4-6-14(13)10-12/h2,7-8,10H,1,3-6,9,11H2. The molecule has 1 aromatic carbocycles. The van der Waals surface area contributed by atoms with Crippen LogP contribution in [0.25, 0.3) is 0 Å². The fraction of sp³-hybridized carbons (Fsp3) is 0.400. The Morgan fingerprint density at radius 2 is 2.06 bits per heavy atom. The first-order valence-electron chi connectivity index (χ1n) is 6.17. The normalized spacial score (nSPS) is 13.9. The van der Waals surface area contributed by atoms with Gasteiger partial charge >= 0.3 is 5.97 Å². The second-order valence-corrected chi connectivity index (χ2v) is 4.46. The van der Waals surface area contributed by atoms with Gasteiger partial charge in [-0.1, -0.05) is 30.9 Å². The van der Waals surface area contributed by atoms with Gasteiger partial charge in [-0.05, 0) is 42.4 Å². The van der Waals surface area contributed by atoms with Gasteiger partial charge in [-0.3, -0.25) is 4.79 Å². The number of ether oxygens (including phenoxy) is 1. The Morgan fingerprint density at radius 3 is 2.82 bits per heavy atom. The van der Waals surface area contributed by atoms with Crippen LogP contribution in [0.3, 0.4) is 0 Å². The SMILES string of the molecule is C=CCOC(=O)Cc1ccc2c(c1)CCCC2. The van der Waals surface area contributed by atoms with E-state index in [-0.39, 0.29) is 5.97 Å². The molecule has 0 unspecified atom stereocenters. The summed E-state index contributed by atoms with van der Waals surface area (Å²) in [5.41, 5.74) is 3.91. The van der Waals surface area contributed by atoms with E-state index >= 15 is 0 Å². The third kappa shape index (κ3) is 3.19. The number of hydrogen-bond donors (Lipinski definition) is 0. The van der Waals surface area contributed by atoms with E-state index < -0.39 is 0 Å². The molecule has 0 spiro atoms. The van der Waals surface area contributed by atoms with Gasteiger partial charge in [-0.15, -0.1) is 0 Å². The van der Waals surface area contributed by atoms with E-state index in [1.807, 2.05) is 6.07 Å². The van der Waals surface area contributed by atoms with Crippen molar-refractivity contribution in [1.82, 2.24) is 0 Å². The van der Waals surface area contributed by atoms with E-state index in [2.05, 4.69) is 18.7 Å². The van der Waals surface area contributed by atoms with Crippen molar-refractivity contribution in [2.24, 2.45) is 0 Å². The number of esters is 1. The molecule has 1 aliphatic carbocycles. The van der Waals surface area contributed by atoms with Crippen LogP contribution in [0, 0.1) is 0 Å². The zero-order valence-electron chi connectivity index (χ0n) is 10.1. The number of hydrogen-bond acceptors (Lipinski definition) is 2. The predicted molar refractivity (Wildman–Crippen MR) is 67.9 cm³/mol. The Kier molecular flexibility index (Phi) is 3.97. The Morgan fingerprint density at radius 1 is 1.29 bits per heavy atom. The van der Waals surface area contributed by atoms with E-state index in [1.165, 1.54) is 30.4 Å². The average Bonchev–Trinajstić information content (AvgIpc) is 2.36. The highest BCUT2D eigenvalue weighted by molar-refractivity contribution is 5.72. The third-order valence-corrected chi connectivity index (χ3v) is 3.12. The van der Waals surface area contributed by atoms with Crippen molar-refractivity contribution in [3.05, 3.63) is 47.5 Å². The third-order valence-electron chi connectivity index (χ3n) is 3.12. The molecule has 1 aromatic rings. The smallest absolute Gasteiger partial charge is 0.310 e. The van der Waals surface area contributed by atoms with Crippen molar-refractivity contribution < 1.29 is 9.53 Å². The summed E-state index contributed by atoms with van der Waals surface area (Å²) in [5, 5.41) is 0. The summed E-state index contributed by atoms with van der Waals surface area (Å²) in [7, 11) is 0. The minimum atomic E-state index is -0.180. The first-order chi connectivity index (χ1) is 8.29. The monoisotopic (exact) mass is 230 g/mol. The first-order valence-corrected chi connectivity index (χ1v) is 6.17. The minimum absolute atomic E-state index is 0.180. The molecule has 17 heavy (non-hydrogen) atoms. The summed E-state index contributed by atoms with van der Waals surface area (Å²) in [6, 6.07) is 6.35. The highest BCUT2D eigenvalue weighted by Gasteiger charge is 2.11. The number of rotatable bonds is 4. The lowest BCUT2D eigenvalue weighted by atomic mass is 9.90. The number of benzene rings is 1. The fourth-order valence-electron chi connectivity index (χ4n) is 2.27. The summed E-state index contributed by atoms with van der Waals surface area (Å²) in [6.07, 6.45) is 6.82. The zero-order valence-corrected chi connectivity index (χ0v) is 10.1. The lowest BCUT2D eigenvalue weighted by molar-refractivity contribution is -0.141. The maximum absolute atomic E-state index is 11.5. The van der Waals surface area contributed by atoms with Crippen LogP contribution in [-0.4, -0.2) is 12.6 Å². The zero-order chi connectivity index (χ0) is 12.1. The van der Waals surface area contributed by atoms with Gasteiger partial charge < -0.3 is 4.74 Å². The topological polar surface area (TPSA) is 26.3 Å². The Hall–Kier alpha value is -1.57.